The van der Waals surface area contributed by atoms with Crippen LogP contribution in [0.1, 0.15) is 12.0 Å². The molecule has 4 heteroatoms. The van der Waals surface area contributed by atoms with Gasteiger partial charge >= 0.3 is 5.97 Å². The van der Waals surface area contributed by atoms with Gasteiger partial charge in [0.15, 0.2) is 0 Å². The molecule has 1 rings (SSSR count). The van der Waals surface area contributed by atoms with E-state index in [0.717, 1.165) is 5.69 Å². The van der Waals surface area contributed by atoms with E-state index in [1.165, 1.54) is 5.56 Å². The normalized spacial score (nSPS) is 12.2. The van der Waals surface area contributed by atoms with Crippen molar-refractivity contribution in [2.24, 2.45) is 5.73 Å². The fourth-order valence-corrected chi connectivity index (χ4v) is 1.61. The van der Waals surface area contributed by atoms with Crippen molar-refractivity contribution in [1.29, 1.82) is 0 Å². The number of hydrogen-bond acceptors (Lipinski definition) is 3. The average molecular weight is 222 g/mol. The van der Waals surface area contributed by atoms with Crippen LogP contribution in [-0.4, -0.2) is 30.7 Å². The topological polar surface area (TPSA) is 66.6 Å². The van der Waals surface area contributed by atoms with Gasteiger partial charge in [-0.25, -0.2) is 0 Å². The van der Waals surface area contributed by atoms with Gasteiger partial charge in [-0.2, -0.15) is 0 Å². The molecule has 0 radical (unpaired) electrons. The highest BCUT2D eigenvalue weighted by Gasteiger charge is 2.11. The smallest absolute Gasteiger partial charge is 0.304 e. The van der Waals surface area contributed by atoms with E-state index in [0.29, 0.717) is 6.54 Å². The largest absolute Gasteiger partial charge is 0.481 e. The summed E-state index contributed by atoms with van der Waals surface area (Å²) in [5.41, 5.74) is 7.96. The molecule has 0 spiro atoms. The van der Waals surface area contributed by atoms with Crippen molar-refractivity contribution < 1.29 is 9.90 Å². The van der Waals surface area contributed by atoms with Gasteiger partial charge in [-0.05, 0) is 24.6 Å². The Balaban J connectivity index is 2.58. The number of aryl methyl sites for hydroxylation is 1. The Hall–Kier alpha value is -1.55. The van der Waals surface area contributed by atoms with Gasteiger partial charge in [0.2, 0.25) is 0 Å². The monoisotopic (exact) mass is 222 g/mol. The summed E-state index contributed by atoms with van der Waals surface area (Å²) in [6.45, 7) is 2.56. The molecule has 16 heavy (non-hydrogen) atoms. The van der Waals surface area contributed by atoms with Crippen LogP contribution in [0, 0.1) is 6.92 Å². The number of carboxylic acid groups (broad SMARTS) is 1. The van der Waals surface area contributed by atoms with Crippen LogP contribution in [0.25, 0.3) is 0 Å². The van der Waals surface area contributed by atoms with Crippen LogP contribution in [0.5, 0.6) is 0 Å². The lowest BCUT2D eigenvalue weighted by molar-refractivity contribution is -0.137. The first-order valence-corrected chi connectivity index (χ1v) is 5.24. The van der Waals surface area contributed by atoms with Gasteiger partial charge in [0, 0.05) is 25.3 Å². The van der Waals surface area contributed by atoms with Crippen molar-refractivity contribution in [1.82, 2.24) is 0 Å². The number of rotatable bonds is 5. The summed E-state index contributed by atoms with van der Waals surface area (Å²) < 4.78 is 0. The molecule has 0 fully saturated rings. The van der Waals surface area contributed by atoms with Gasteiger partial charge in [0.1, 0.15) is 0 Å². The molecular weight excluding hydrogens is 204 g/mol. The zero-order valence-electron chi connectivity index (χ0n) is 9.68. The van der Waals surface area contributed by atoms with Crippen molar-refractivity contribution in [3.8, 4) is 0 Å². The number of hydrogen-bond donors (Lipinski definition) is 2. The molecule has 0 saturated heterocycles. The van der Waals surface area contributed by atoms with Crippen molar-refractivity contribution in [2.75, 3.05) is 18.5 Å². The van der Waals surface area contributed by atoms with E-state index < -0.39 is 5.97 Å². The van der Waals surface area contributed by atoms with E-state index >= 15 is 0 Å². The highest BCUT2D eigenvalue weighted by Crippen LogP contribution is 2.14. The second kappa shape index (κ2) is 5.51. The Labute approximate surface area is 95.7 Å². The van der Waals surface area contributed by atoms with E-state index in [4.69, 9.17) is 10.8 Å². The summed E-state index contributed by atoms with van der Waals surface area (Å²) in [5.74, 6) is -0.856. The Bertz CT molecular complexity index is 366. The molecule has 0 bridgehead atoms. The minimum Gasteiger partial charge on any atom is -0.481 e. The highest BCUT2D eigenvalue weighted by atomic mass is 16.4. The fraction of sp³-hybridized carbons (Fsp3) is 0.417. The maximum Gasteiger partial charge on any atom is 0.304 e. The third-order valence-corrected chi connectivity index (χ3v) is 2.39. The lowest BCUT2D eigenvalue weighted by atomic mass is 10.1. The van der Waals surface area contributed by atoms with Gasteiger partial charge in [-0.15, -0.1) is 0 Å². The van der Waals surface area contributed by atoms with Crippen LogP contribution in [0.3, 0.4) is 0 Å². The maximum absolute atomic E-state index is 10.5. The first-order valence-electron chi connectivity index (χ1n) is 5.24. The fourth-order valence-electron chi connectivity index (χ4n) is 1.61. The van der Waals surface area contributed by atoms with Crippen LogP contribution in [0.4, 0.5) is 5.69 Å². The quantitative estimate of drug-likeness (QED) is 0.786. The van der Waals surface area contributed by atoms with E-state index in [-0.39, 0.29) is 12.5 Å². The number of anilines is 1. The standard InChI is InChI=1S/C12H18N2O2/c1-9-4-3-5-11(6-9)14(2)8-10(13)7-12(15)16/h3-6,10H,7-8,13H2,1-2H3,(H,15,16). The minimum atomic E-state index is -0.856. The number of likely N-dealkylation sites (N-methyl/N-ethyl adjacent to an activating group) is 1. The summed E-state index contributed by atoms with van der Waals surface area (Å²) in [6, 6.07) is 7.69. The number of nitrogens with two attached hydrogens (primary N) is 1. The SMILES string of the molecule is Cc1cccc(N(C)CC(N)CC(=O)O)c1. The predicted octanol–water partition coefficient (Wildman–Crippen LogP) is 1.23. The van der Waals surface area contributed by atoms with Crippen molar-refractivity contribution in [3.63, 3.8) is 0 Å². The zero-order chi connectivity index (χ0) is 12.1. The molecule has 0 saturated carbocycles. The summed E-state index contributed by atoms with van der Waals surface area (Å²) in [4.78, 5) is 12.5. The van der Waals surface area contributed by atoms with Crippen LogP contribution in [0.2, 0.25) is 0 Å². The van der Waals surface area contributed by atoms with Crippen molar-refractivity contribution in [2.45, 2.75) is 19.4 Å². The first kappa shape index (κ1) is 12.5. The number of carbonyl (C=O) groups is 1. The number of aliphatic carboxylic acids is 1. The molecule has 4 nitrogen and oxygen atoms in total. The molecule has 1 unspecified atom stereocenters. The Morgan fingerprint density at radius 3 is 2.81 bits per heavy atom. The molecule has 0 aromatic heterocycles. The summed E-state index contributed by atoms with van der Waals surface area (Å²) in [6.07, 6.45) is -0.00381. The van der Waals surface area contributed by atoms with Crippen molar-refractivity contribution >= 4 is 11.7 Å². The summed E-state index contributed by atoms with van der Waals surface area (Å²) in [5, 5.41) is 8.61. The molecule has 0 aliphatic heterocycles. The molecule has 0 amide bonds. The molecule has 1 aromatic rings. The molecule has 88 valence electrons. The van der Waals surface area contributed by atoms with Gasteiger partial charge in [0.05, 0.1) is 6.42 Å². The number of benzene rings is 1. The van der Waals surface area contributed by atoms with Crippen LogP contribution in [-0.2, 0) is 4.79 Å². The molecule has 3 N–H and O–H groups in total. The number of carboxylic acids is 1. The van der Waals surface area contributed by atoms with Gasteiger partial charge in [-0.3, -0.25) is 4.79 Å². The molecule has 1 atom stereocenters. The molecule has 0 aliphatic carbocycles. The van der Waals surface area contributed by atoms with Gasteiger partial charge in [-0.1, -0.05) is 12.1 Å². The lowest BCUT2D eigenvalue weighted by Gasteiger charge is -2.22. The summed E-state index contributed by atoms with van der Waals surface area (Å²) >= 11 is 0. The second-order valence-electron chi connectivity index (χ2n) is 4.08. The Morgan fingerprint density at radius 2 is 2.25 bits per heavy atom. The van der Waals surface area contributed by atoms with Crippen LogP contribution >= 0.6 is 0 Å². The third-order valence-electron chi connectivity index (χ3n) is 2.39. The average Bonchev–Trinajstić information content (AvgIpc) is 2.16. The van der Waals surface area contributed by atoms with E-state index in [1.54, 1.807) is 0 Å². The minimum absolute atomic E-state index is 0.00381. The number of nitrogens with zero attached hydrogens (tertiary/aromatic N) is 1. The van der Waals surface area contributed by atoms with E-state index in [9.17, 15) is 4.79 Å². The third kappa shape index (κ3) is 3.90. The van der Waals surface area contributed by atoms with Crippen LogP contribution < -0.4 is 10.6 Å². The lowest BCUT2D eigenvalue weighted by Crippen LogP contribution is -2.36. The molecule has 0 heterocycles. The highest BCUT2D eigenvalue weighted by molar-refractivity contribution is 5.67. The van der Waals surface area contributed by atoms with Crippen molar-refractivity contribution in [3.05, 3.63) is 29.8 Å². The summed E-state index contributed by atoms with van der Waals surface area (Å²) in [7, 11) is 1.91. The van der Waals surface area contributed by atoms with Crippen LogP contribution in [0.15, 0.2) is 24.3 Å². The van der Waals surface area contributed by atoms with E-state index in [2.05, 4.69) is 0 Å². The Kier molecular flexibility index (Phi) is 4.31. The molecule has 0 aliphatic rings. The zero-order valence-corrected chi connectivity index (χ0v) is 9.68. The molecular formula is C12H18N2O2. The first-order chi connectivity index (χ1) is 7.49. The second-order valence-corrected chi connectivity index (χ2v) is 4.08. The van der Waals surface area contributed by atoms with Gasteiger partial charge < -0.3 is 15.7 Å². The van der Waals surface area contributed by atoms with Gasteiger partial charge in [0.25, 0.3) is 0 Å². The predicted molar refractivity (Wildman–Crippen MR) is 64.7 cm³/mol. The maximum atomic E-state index is 10.5. The van der Waals surface area contributed by atoms with E-state index in [1.807, 2.05) is 43.1 Å². The molecule has 1 aromatic carbocycles. The Morgan fingerprint density at radius 1 is 1.56 bits per heavy atom.